The third-order valence-corrected chi connectivity index (χ3v) is 5.27. The molecule has 132 valence electrons. The fraction of sp³-hybridized carbons (Fsp3) is 0.368. The van der Waals surface area contributed by atoms with Gasteiger partial charge in [-0.3, -0.25) is 19.6 Å². The lowest BCUT2D eigenvalue weighted by Crippen LogP contribution is -2.48. The minimum absolute atomic E-state index is 0.576. The molecule has 25 heavy (non-hydrogen) atoms. The highest BCUT2D eigenvalue weighted by Gasteiger charge is 2.30. The van der Waals surface area contributed by atoms with Gasteiger partial charge in [-0.25, -0.2) is 0 Å². The van der Waals surface area contributed by atoms with Crippen molar-refractivity contribution in [3.05, 3.63) is 59.9 Å². The van der Waals surface area contributed by atoms with Crippen molar-refractivity contribution in [3.8, 4) is 0 Å². The van der Waals surface area contributed by atoms with Crippen LogP contribution in [0.1, 0.15) is 17.2 Å². The van der Waals surface area contributed by atoms with Crippen molar-refractivity contribution in [1.29, 1.82) is 0 Å². The number of hydrogen-bond donors (Lipinski definition) is 1. The molecule has 2 aromatic rings. The van der Waals surface area contributed by atoms with E-state index < -0.39 is 12.0 Å². The molecule has 0 aliphatic carbocycles. The molecule has 1 aromatic carbocycles. The number of carbonyl (C=O) groups is 1. The lowest BCUT2D eigenvalue weighted by atomic mass is 10.0. The Labute approximate surface area is 152 Å². The van der Waals surface area contributed by atoms with E-state index >= 15 is 0 Å². The van der Waals surface area contributed by atoms with Gasteiger partial charge < -0.3 is 5.11 Å². The number of thioether (sulfide) groups is 1. The number of aromatic nitrogens is 1. The summed E-state index contributed by atoms with van der Waals surface area (Å²) in [4.78, 5) is 21.6. The Morgan fingerprint density at radius 1 is 1.24 bits per heavy atom. The summed E-state index contributed by atoms with van der Waals surface area (Å²) < 4.78 is 0. The molecule has 1 fully saturated rings. The highest BCUT2D eigenvalue weighted by molar-refractivity contribution is 7.98. The van der Waals surface area contributed by atoms with Gasteiger partial charge in [-0.1, -0.05) is 18.2 Å². The number of piperazine rings is 1. The summed E-state index contributed by atoms with van der Waals surface area (Å²) in [6, 6.07) is 11.3. The number of rotatable bonds is 6. The van der Waals surface area contributed by atoms with Gasteiger partial charge in [-0.2, -0.15) is 0 Å². The quantitative estimate of drug-likeness (QED) is 0.803. The van der Waals surface area contributed by atoms with Crippen LogP contribution >= 0.6 is 11.8 Å². The predicted octanol–water partition coefficient (Wildman–Crippen LogP) is 2.75. The van der Waals surface area contributed by atoms with E-state index in [9.17, 15) is 9.90 Å². The summed E-state index contributed by atoms with van der Waals surface area (Å²) in [7, 11) is 0. The molecule has 1 aliphatic rings. The summed E-state index contributed by atoms with van der Waals surface area (Å²) in [6.45, 7) is 4.09. The maximum absolute atomic E-state index is 11.9. The number of carboxylic acid groups (broad SMARTS) is 1. The average Bonchev–Trinajstić information content (AvgIpc) is 2.64. The number of hydrogen-bond acceptors (Lipinski definition) is 5. The van der Waals surface area contributed by atoms with Crippen molar-refractivity contribution >= 4 is 17.7 Å². The van der Waals surface area contributed by atoms with Crippen LogP contribution in [-0.4, -0.2) is 58.3 Å². The molecule has 0 saturated carbocycles. The first-order valence-corrected chi connectivity index (χ1v) is 9.62. The van der Waals surface area contributed by atoms with E-state index in [1.54, 1.807) is 18.0 Å². The summed E-state index contributed by atoms with van der Waals surface area (Å²) in [5.41, 5.74) is 2.05. The van der Waals surface area contributed by atoms with Gasteiger partial charge in [-0.05, 0) is 35.6 Å². The molecule has 1 N–H and O–H groups in total. The lowest BCUT2D eigenvalue weighted by Gasteiger charge is -2.37. The fourth-order valence-corrected chi connectivity index (χ4v) is 3.72. The van der Waals surface area contributed by atoms with Crippen LogP contribution < -0.4 is 0 Å². The second-order valence-corrected chi connectivity index (χ2v) is 7.07. The molecule has 1 atom stereocenters. The van der Waals surface area contributed by atoms with Crippen LogP contribution in [0.5, 0.6) is 0 Å². The second-order valence-electron chi connectivity index (χ2n) is 6.19. The molecule has 2 heterocycles. The van der Waals surface area contributed by atoms with Crippen molar-refractivity contribution < 1.29 is 9.90 Å². The Morgan fingerprint density at radius 2 is 2.04 bits per heavy atom. The largest absolute Gasteiger partial charge is 0.480 e. The molecule has 1 aliphatic heterocycles. The molecule has 6 heteroatoms. The first-order valence-electron chi connectivity index (χ1n) is 8.39. The summed E-state index contributed by atoms with van der Waals surface area (Å²) in [6.07, 6.45) is 5.67. The second kappa shape index (κ2) is 8.47. The molecule has 0 unspecified atom stereocenters. The number of carboxylic acids is 1. The molecule has 3 rings (SSSR count). The molecule has 1 aromatic heterocycles. The first-order chi connectivity index (χ1) is 12.2. The van der Waals surface area contributed by atoms with Crippen LogP contribution in [0.2, 0.25) is 0 Å². The molecule has 0 bridgehead atoms. The van der Waals surface area contributed by atoms with Gasteiger partial charge in [-0.15, -0.1) is 11.8 Å². The third-order valence-electron chi connectivity index (χ3n) is 4.54. The molecular weight excluding hydrogens is 334 g/mol. The molecule has 0 radical (unpaired) electrons. The van der Waals surface area contributed by atoms with E-state index in [1.165, 1.54) is 5.56 Å². The van der Waals surface area contributed by atoms with Crippen molar-refractivity contribution in [2.24, 2.45) is 0 Å². The zero-order chi connectivity index (χ0) is 17.6. The van der Waals surface area contributed by atoms with Gasteiger partial charge >= 0.3 is 5.97 Å². The molecule has 5 nitrogen and oxygen atoms in total. The highest BCUT2D eigenvalue weighted by Crippen LogP contribution is 2.26. The lowest BCUT2D eigenvalue weighted by molar-refractivity contribution is -0.144. The van der Waals surface area contributed by atoms with E-state index in [0.29, 0.717) is 0 Å². The van der Waals surface area contributed by atoms with Gasteiger partial charge in [0.05, 0.1) is 0 Å². The Bertz CT molecular complexity index is 703. The number of aliphatic carboxylic acids is 1. The zero-order valence-electron chi connectivity index (χ0n) is 14.3. The normalized spacial score (nSPS) is 17.3. The van der Waals surface area contributed by atoms with Crippen LogP contribution in [0.3, 0.4) is 0 Å². The molecule has 0 spiro atoms. The fourth-order valence-electron chi connectivity index (χ4n) is 3.25. The number of pyridine rings is 1. The number of benzene rings is 1. The summed E-state index contributed by atoms with van der Waals surface area (Å²) in [5, 5.41) is 9.77. The van der Waals surface area contributed by atoms with Gasteiger partial charge in [0, 0.05) is 50.0 Å². The van der Waals surface area contributed by atoms with Crippen LogP contribution in [0, 0.1) is 0 Å². The monoisotopic (exact) mass is 357 g/mol. The number of nitrogens with zero attached hydrogens (tertiary/aromatic N) is 3. The van der Waals surface area contributed by atoms with Crippen molar-refractivity contribution in [2.75, 3.05) is 32.4 Å². The van der Waals surface area contributed by atoms with Crippen LogP contribution in [-0.2, 0) is 11.3 Å². The van der Waals surface area contributed by atoms with Crippen LogP contribution in [0.25, 0.3) is 0 Å². The first kappa shape index (κ1) is 17.9. The van der Waals surface area contributed by atoms with Crippen molar-refractivity contribution in [3.63, 3.8) is 0 Å². The van der Waals surface area contributed by atoms with Gasteiger partial charge in [0.25, 0.3) is 0 Å². The van der Waals surface area contributed by atoms with Gasteiger partial charge in [0.2, 0.25) is 0 Å². The van der Waals surface area contributed by atoms with Crippen LogP contribution in [0.4, 0.5) is 0 Å². The smallest absolute Gasteiger partial charge is 0.325 e. The van der Waals surface area contributed by atoms with E-state index in [2.05, 4.69) is 20.9 Å². The SMILES string of the molecule is CSc1cccc([C@H](C(=O)O)N2CCN(Cc3cccnc3)CC2)c1. The van der Waals surface area contributed by atoms with E-state index in [0.717, 1.165) is 43.2 Å². The average molecular weight is 357 g/mol. The molecule has 1 saturated heterocycles. The van der Waals surface area contributed by atoms with Gasteiger partial charge in [0.1, 0.15) is 6.04 Å². The molecule has 0 amide bonds. The van der Waals surface area contributed by atoms with E-state index in [1.807, 2.05) is 42.8 Å². The van der Waals surface area contributed by atoms with Gasteiger partial charge in [0.15, 0.2) is 0 Å². The van der Waals surface area contributed by atoms with E-state index in [4.69, 9.17) is 0 Å². The summed E-state index contributed by atoms with van der Waals surface area (Å²) in [5.74, 6) is -0.779. The third kappa shape index (κ3) is 4.60. The molecular formula is C19H23N3O2S. The Balaban J connectivity index is 1.65. The Kier molecular flexibility index (Phi) is 6.07. The standard InChI is InChI=1S/C19H23N3O2S/c1-25-17-6-2-5-16(12-17)18(19(23)24)22-10-8-21(9-11-22)14-15-4-3-7-20-13-15/h2-7,12-13,18H,8-11,14H2,1H3,(H,23,24)/t18-/m1/s1. The van der Waals surface area contributed by atoms with E-state index in [-0.39, 0.29) is 0 Å². The minimum Gasteiger partial charge on any atom is -0.480 e. The maximum Gasteiger partial charge on any atom is 0.325 e. The van der Waals surface area contributed by atoms with Crippen LogP contribution in [0.15, 0.2) is 53.7 Å². The van der Waals surface area contributed by atoms with Crippen molar-refractivity contribution in [1.82, 2.24) is 14.8 Å². The minimum atomic E-state index is -0.779. The maximum atomic E-state index is 11.9. The summed E-state index contributed by atoms with van der Waals surface area (Å²) >= 11 is 1.63. The Hall–Kier alpha value is -1.89. The predicted molar refractivity (Wildman–Crippen MR) is 99.7 cm³/mol. The topological polar surface area (TPSA) is 56.7 Å². The van der Waals surface area contributed by atoms with Crippen molar-refractivity contribution in [2.45, 2.75) is 17.5 Å². The zero-order valence-corrected chi connectivity index (χ0v) is 15.2. The Morgan fingerprint density at radius 3 is 2.68 bits per heavy atom. The highest BCUT2D eigenvalue weighted by atomic mass is 32.2.